The second-order valence-corrected chi connectivity index (χ2v) is 16.6. The number of likely N-dealkylation sites (tertiary alicyclic amines) is 1. The van der Waals surface area contributed by atoms with E-state index < -0.39 is 12.0 Å². The van der Waals surface area contributed by atoms with Crippen LogP contribution in [0.4, 0.5) is 0 Å². The highest BCUT2D eigenvalue weighted by Crippen LogP contribution is 2.31. The van der Waals surface area contributed by atoms with Crippen molar-refractivity contribution in [3.63, 3.8) is 0 Å². The van der Waals surface area contributed by atoms with Crippen LogP contribution in [0.3, 0.4) is 0 Å². The van der Waals surface area contributed by atoms with Crippen LogP contribution in [0.15, 0.2) is 138 Å². The summed E-state index contributed by atoms with van der Waals surface area (Å²) >= 11 is 0. The molecule has 0 aliphatic carbocycles. The van der Waals surface area contributed by atoms with Gasteiger partial charge in [0.1, 0.15) is 17.4 Å². The van der Waals surface area contributed by atoms with E-state index in [1.54, 1.807) is 43.4 Å². The fourth-order valence-electron chi connectivity index (χ4n) is 8.10. The molecule has 1 saturated heterocycles. The van der Waals surface area contributed by atoms with Crippen molar-refractivity contribution in [3.05, 3.63) is 177 Å². The number of carbonyl (C=O) groups excluding carboxylic acids is 3. The maximum absolute atomic E-state index is 13.8. The largest absolute Gasteiger partial charge is 0.506 e. The number of carbonyl (C=O) groups is 3. The van der Waals surface area contributed by atoms with Gasteiger partial charge in [0.05, 0.1) is 18.2 Å². The molecular formula is C52H57N5O8. The molecule has 65 heavy (non-hydrogen) atoms. The zero-order chi connectivity index (χ0) is 45.5. The van der Waals surface area contributed by atoms with Crippen LogP contribution in [-0.2, 0) is 27.3 Å². The Balaban J connectivity index is 0.821. The van der Waals surface area contributed by atoms with Gasteiger partial charge < -0.3 is 40.2 Å². The molecular weight excluding hydrogens is 823 g/mol. The van der Waals surface area contributed by atoms with Gasteiger partial charge in [-0.1, -0.05) is 91.0 Å². The summed E-state index contributed by atoms with van der Waals surface area (Å²) in [6, 6.07) is 40.5. The predicted molar refractivity (Wildman–Crippen MR) is 250 cm³/mol. The quantitative estimate of drug-likeness (QED) is 0.0456. The van der Waals surface area contributed by atoms with E-state index in [1.807, 2.05) is 60.7 Å². The van der Waals surface area contributed by atoms with E-state index in [4.69, 9.17) is 9.47 Å². The molecule has 2 atom stereocenters. The first-order valence-electron chi connectivity index (χ1n) is 22.2. The number of phenolic OH excluding ortho intramolecular Hbond substituents is 1. The molecule has 6 aromatic rings. The molecule has 1 unspecified atom stereocenters. The normalized spacial score (nSPS) is 14.1. The Morgan fingerprint density at radius 2 is 1.55 bits per heavy atom. The van der Waals surface area contributed by atoms with Crippen molar-refractivity contribution < 1.29 is 34.1 Å². The Morgan fingerprint density at radius 1 is 0.831 bits per heavy atom. The summed E-state index contributed by atoms with van der Waals surface area (Å²) in [6.45, 7) is 4.34. The number of piperidine rings is 1. The van der Waals surface area contributed by atoms with Crippen molar-refractivity contribution >= 4 is 28.7 Å². The van der Waals surface area contributed by atoms with Crippen LogP contribution in [0.2, 0.25) is 0 Å². The Labute approximate surface area is 379 Å². The minimum Gasteiger partial charge on any atom is -0.506 e. The summed E-state index contributed by atoms with van der Waals surface area (Å²) in [5, 5.41) is 27.6. The number of benzene rings is 5. The number of aliphatic hydroxyl groups excluding tert-OH is 1. The molecule has 1 aliphatic rings. The Morgan fingerprint density at radius 3 is 2.31 bits per heavy atom. The van der Waals surface area contributed by atoms with Gasteiger partial charge in [-0.25, -0.2) is 0 Å². The Hall–Kier alpha value is -6.80. The molecule has 0 radical (unpaired) electrons. The molecule has 1 aromatic heterocycles. The van der Waals surface area contributed by atoms with Gasteiger partial charge in [0.2, 0.25) is 5.56 Å². The molecule has 13 nitrogen and oxygen atoms in total. The number of phenols is 1. The molecule has 1 aliphatic heterocycles. The van der Waals surface area contributed by atoms with E-state index in [0.717, 1.165) is 43.6 Å². The van der Waals surface area contributed by atoms with Crippen molar-refractivity contribution in [3.8, 4) is 11.5 Å². The van der Waals surface area contributed by atoms with Crippen LogP contribution < -0.4 is 20.9 Å². The minimum absolute atomic E-state index is 0.0612. The number of fused-ring (bicyclic) bond motifs is 1. The van der Waals surface area contributed by atoms with Crippen LogP contribution in [0.5, 0.6) is 11.5 Å². The first kappa shape index (κ1) is 46.2. The summed E-state index contributed by atoms with van der Waals surface area (Å²) in [5.74, 6) is -0.813. The maximum Gasteiger partial charge on any atom is 0.317 e. The van der Waals surface area contributed by atoms with E-state index in [-0.39, 0.29) is 60.9 Å². The van der Waals surface area contributed by atoms with Crippen LogP contribution >= 0.6 is 0 Å². The van der Waals surface area contributed by atoms with Crippen LogP contribution in [-0.4, -0.2) is 102 Å². The number of nitrogens with one attached hydrogen (secondary N) is 3. The molecule has 2 heterocycles. The topological polar surface area (TPSA) is 174 Å². The molecule has 1 fully saturated rings. The van der Waals surface area contributed by atoms with E-state index in [2.05, 4.69) is 44.8 Å². The monoisotopic (exact) mass is 879 g/mol. The van der Waals surface area contributed by atoms with Gasteiger partial charge in [0, 0.05) is 50.2 Å². The third-order valence-electron chi connectivity index (χ3n) is 11.9. The van der Waals surface area contributed by atoms with Crippen molar-refractivity contribution in [2.45, 2.75) is 37.8 Å². The molecule has 13 heteroatoms. The molecule has 5 N–H and O–H groups in total. The minimum atomic E-state index is -0.860. The smallest absolute Gasteiger partial charge is 0.317 e. The van der Waals surface area contributed by atoms with Crippen molar-refractivity contribution in [1.29, 1.82) is 0 Å². The lowest BCUT2D eigenvalue weighted by atomic mass is 9.91. The van der Waals surface area contributed by atoms with Crippen molar-refractivity contribution in [1.82, 2.24) is 25.4 Å². The number of rotatable bonds is 20. The number of aromatic amines is 1. The van der Waals surface area contributed by atoms with Crippen LogP contribution in [0, 0.1) is 5.92 Å². The number of aromatic nitrogens is 1. The number of nitrogens with zero attached hydrogens (tertiary/aromatic N) is 2. The number of ether oxygens (including phenoxy) is 2. The van der Waals surface area contributed by atoms with E-state index in [0.29, 0.717) is 53.3 Å². The summed E-state index contributed by atoms with van der Waals surface area (Å²) in [5.41, 5.74) is 4.85. The highest BCUT2D eigenvalue weighted by atomic mass is 16.5. The lowest BCUT2D eigenvalue weighted by molar-refractivity contribution is -0.146. The summed E-state index contributed by atoms with van der Waals surface area (Å²) < 4.78 is 11.9. The summed E-state index contributed by atoms with van der Waals surface area (Å²) in [7, 11) is 1.65. The molecule has 0 saturated carbocycles. The summed E-state index contributed by atoms with van der Waals surface area (Å²) in [6.07, 6.45) is 1.73. The number of H-pyrrole nitrogens is 1. The SMILES string of the molecule is CN(CCNC(=O)c1ccc(CCNC[C@H](O)c2ccc(O)c3[nH]c(=O)ccc23)cc1)C(=O)COc1cccc(C(C(=O)OCC2CCN(Cc3ccccc3)CC2)c2ccccc2)c1. The molecule has 0 bridgehead atoms. The van der Waals surface area contributed by atoms with Gasteiger partial charge in [-0.2, -0.15) is 0 Å². The van der Waals surface area contributed by atoms with Gasteiger partial charge in [0.15, 0.2) is 6.61 Å². The van der Waals surface area contributed by atoms with Crippen molar-refractivity contribution in [2.24, 2.45) is 5.92 Å². The highest BCUT2D eigenvalue weighted by molar-refractivity contribution is 5.94. The summed E-state index contributed by atoms with van der Waals surface area (Å²) in [4.78, 5) is 58.0. The molecule has 0 spiro atoms. The third kappa shape index (κ3) is 12.9. The number of pyridine rings is 1. The standard InChI is InChI=1S/C52H57N5O8/c1-56(30-27-54-51(62)40-17-15-36(16-18-40)23-26-53-32-46(59)43-19-21-45(58)50-44(43)20-22-47(60)55-50)48(61)35-64-42-14-8-13-41(31-42)49(39-11-6-3-7-12-39)52(63)65-34-38-24-28-57(29-25-38)33-37-9-4-2-5-10-37/h2-22,31,38,46,49,53,58-59H,23-30,32-35H2,1H3,(H,54,62)(H,55,60)/t46-,49?/m0/s1. The second kappa shape index (κ2) is 22.7. The first-order valence-corrected chi connectivity index (χ1v) is 22.2. The van der Waals surface area contributed by atoms with Crippen molar-refractivity contribution in [2.75, 3.05) is 59.5 Å². The zero-order valence-electron chi connectivity index (χ0n) is 36.7. The number of aromatic hydroxyl groups is 1. The maximum atomic E-state index is 13.8. The van der Waals surface area contributed by atoms with Gasteiger partial charge >= 0.3 is 5.97 Å². The number of likely N-dealkylation sites (N-methyl/N-ethyl adjacent to an activating group) is 1. The lowest BCUT2D eigenvalue weighted by Crippen LogP contribution is -2.38. The fraction of sp³-hybridized carbons (Fsp3) is 0.308. The van der Waals surface area contributed by atoms with Gasteiger partial charge in [-0.3, -0.25) is 24.1 Å². The van der Waals surface area contributed by atoms with Gasteiger partial charge in [-0.15, -0.1) is 0 Å². The highest BCUT2D eigenvalue weighted by Gasteiger charge is 2.27. The zero-order valence-corrected chi connectivity index (χ0v) is 36.7. The van der Waals surface area contributed by atoms with Gasteiger partial charge in [-0.05, 0) is 109 Å². The van der Waals surface area contributed by atoms with Crippen LogP contribution in [0.1, 0.15) is 63.0 Å². The molecule has 2 amide bonds. The molecule has 338 valence electrons. The average Bonchev–Trinajstić information content (AvgIpc) is 3.33. The van der Waals surface area contributed by atoms with E-state index >= 15 is 0 Å². The Kier molecular flexibility index (Phi) is 16.1. The van der Waals surface area contributed by atoms with E-state index in [1.165, 1.54) is 22.6 Å². The predicted octanol–water partition coefficient (Wildman–Crippen LogP) is 5.95. The lowest BCUT2D eigenvalue weighted by Gasteiger charge is -2.32. The first-order chi connectivity index (χ1) is 31.6. The molecule has 5 aromatic carbocycles. The molecule has 7 rings (SSSR count). The number of hydrogen-bond acceptors (Lipinski definition) is 10. The van der Waals surface area contributed by atoms with E-state index in [9.17, 15) is 29.4 Å². The van der Waals surface area contributed by atoms with Gasteiger partial charge in [0.25, 0.3) is 11.8 Å². The number of hydrogen-bond donors (Lipinski definition) is 5. The average molecular weight is 880 g/mol. The Bertz CT molecular complexity index is 2560. The third-order valence-corrected chi connectivity index (χ3v) is 11.9. The fourth-order valence-corrected chi connectivity index (χ4v) is 8.10. The second-order valence-electron chi connectivity index (χ2n) is 16.6. The number of aliphatic hydroxyl groups is 1. The number of amides is 2. The van der Waals surface area contributed by atoms with Crippen LogP contribution in [0.25, 0.3) is 10.9 Å². The number of esters is 1.